The summed E-state index contributed by atoms with van der Waals surface area (Å²) in [5, 5.41) is 0.837. The molecule has 3 heteroatoms. The summed E-state index contributed by atoms with van der Waals surface area (Å²) in [5.41, 5.74) is 7.66. The van der Waals surface area contributed by atoms with Crippen molar-refractivity contribution >= 4 is 11.6 Å². The van der Waals surface area contributed by atoms with Crippen LogP contribution in [-0.2, 0) is 12.8 Å². The Kier molecular flexibility index (Phi) is 2.65. The Morgan fingerprint density at radius 1 is 1.47 bits per heavy atom. The van der Waals surface area contributed by atoms with E-state index in [4.69, 9.17) is 22.1 Å². The Hall–Kier alpha value is -0.730. The average Bonchev–Trinajstić information content (AvgIpc) is 2.46. The molecular weight excluding hydrogens is 210 g/mol. The second-order valence-electron chi connectivity index (χ2n) is 4.59. The van der Waals surface area contributed by atoms with E-state index < -0.39 is 0 Å². The first-order valence-corrected chi connectivity index (χ1v) is 5.60. The standard InChI is InChI=1S/C12H16ClNO/c1-12(2)7-9-10(15-12)4-3-8(5-6-14)11(9)13/h3-4H,5-7,14H2,1-2H3. The molecule has 2 rings (SSSR count). The minimum absolute atomic E-state index is 0.132. The molecule has 0 amide bonds. The highest BCUT2D eigenvalue weighted by atomic mass is 35.5. The van der Waals surface area contributed by atoms with Crippen LogP contribution >= 0.6 is 11.6 Å². The van der Waals surface area contributed by atoms with E-state index in [1.807, 2.05) is 12.1 Å². The van der Waals surface area contributed by atoms with E-state index in [-0.39, 0.29) is 5.60 Å². The third kappa shape index (κ3) is 1.97. The van der Waals surface area contributed by atoms with Crippen LogP contribution in [0.5, 0.6) is 5.75 Å². The van der Waals surface area contributed by atoms with Crippen molar-refractivity contribution in [1.29, 1.82) is 0 Å². The summed E-state index contributed by atoms with van der Waals surface area (Å²) in [7, 11) is 0. The predicted molar refractivity (Wildman–Crippen MR) is 62.6 cm³/mol. The minimum Gasteiger partial charge on any atom is -0.487 e. The van der Waals surface area contributed by atoms with E-state index in [1.54, 1.807) is 0 Å². The third-order valence-electron chi connectivity index (χ3n) is 2.68. The number of halogens is 1. The lowest BCUT2D eigenvalue weighted by Gasteiger charge is -2.16. The Balaban J connectivity index is 2.39. The molecule has 0 bridgehead atoms. The first-order valence-electron chi connectivity index (χ1n) is 5.23. The Bertz CT molecular complexity index is 387. The molecule has 0 atom stereocenters. The first-order chi connectivity index (χ1) is 7.03. The highest BCUT2D eigenvalue weighted by molar-refractivity contribution is 6.32. The lowest BCUT2D eigenvalue weighted by Crippen LogP contribution is -2.24. The lowest BCUT2D eigenvalue weighted by atomic mass is 9.99. The van der Waals surface area contributed by atoms with Gasteiger partial charge in [-0.3, -0.25) is 0 Å². The van der Waals surface area contributed by atoms with E-state index in [2.05, 4.69) is 13.8 Å². The van der Waals surface area contributed by atoms with E-state index in [0.29, 0.717) is 6.54 Å². The number of nitrogens with two attached hydrogens (primary N) is 1. The summed E-state index contributed by atoms with van der Waals surface area (Å²) >= 11 is 6.32. The number of fused-ring (bicyclic) bond motifs is 1. The maximum absolute atomic E-state index is 6.32. The molecule has 2 N–H and O–H groups in total. The van der Waals surface area contributed by atoms with Crippen LogP contribution in [0, 0.1) is 0 Å². The molecular formula is C12H16ClNO. The molecule has 1 aliphatic rings. The zero-order valence-electron chi connectivity index (χ0n) is 9.14. The smallest absolute Gasteiger partial charge is 0.124 e. The molecule has 2 nitrogen and oxygen atoms in total. The largest absolute Gasteiger partial charge is 0.487 e. The van der Waals surface area contributed by atoms with Crippen LogP contribution < -0.4 is 10.5 Å². The maximum atomic E-state index is 6.32. The summed E-state index contributed by atoms with van der Waals surface area (Å²) in [6, 6.07) is 4.01. The molecule has 82 valence electrons. The van der Waals surface area contributed by atoms with Crippen LogP contribution in [0.2, 0.25) is 5.02 Å². The van der Waals surface area contributed by atoms with Gasteiger partial charge in [0.05, 0.1) is 5.02 Å². The van der Waals surface area contributed by atoms with E-state index in [1.165, 1.54) is 0 Å². The van der Waals surface area contributed by atoms with Crippen molar-refractivity contribution in [2.75, 3.05) is 6.54 Å². The molecule has 1 aliphatic heterocycles. The van der Waals surface area contributed by atoms with Gasteiger partial charge in [0.2, 0.25) is 0 Å². The van der Waals surface area contributed by atoms with E-state index in [9.17, 15) is 0 Å². The SMILES string of the molecule is CC1(C)Cc2c(ccc(CCN)c2Cl)O1. The molecule has 0 aromatic heterocycles. The van der Waals surface area contributed by atoms with Crippen molar-refractivity contribution in [3.8, 4) is 5.75 Å². The molecule has 0 spiro atoms. The van der Waals surface area contributed by atoms with E-state index >= 15 is 0 Å². The van der Waals surface area contributed by atoms with Crippen LogP contribution in [0.1, 0.15) is 25.0 Å². The molecule has 1 heterocycles. The Morgan fingerprint density at radius 3 is 2.87 bits per heavy atom. The van der Waals surface area contributed by atoms with Crippen molar-refractivity contribution in [1.82, 2.24) is 0 Å². The highest BCUT2D eigenvalue weighted by Gasteiger charge is 2.32. The normalized spacial score (nSPS) is 17.3. The summed E-state index contributed by atoms with van der Waals surface area (Å²) in [4.78, 5) is 0. The summed E-state index contributed by atoms with van der Waals surface area (Å²) in [5.74, 6) is 0.922. The lowest BCUT2D eigenvalue weighted by molar-refractivity contribution is 0.138. The van der Waals surface area contributed by atoms with Crippen LogP contribution in [0.4, 0.5) is 0 Å². The van der Waals surface area contributed by atoms with Gasteiger partial charge in [0.15, 0.2) is 0 Å². The van der Waals surface area contributed by atoms with Gasteiger partial charge < -0.3 is 10.5 Å². The van der Waals surface area contributed by atoms with Gasteiger partial charge in [0, 0.05) is 12.0 Å². The van der Waals surface area contributed by atoms with Gasteiger partial charge in [0.1, 0.15) is 11.4 Å². The van der Waals surface area contributed by atoms with Crippen LogP contribution in [0.15, 0.2) is 12.1 Å². The summed E-state index contributed by atoms with van der Waals surface area (Å²) in [6.07, 6.45) is 1.70. The van der Waals surface area contributed by atoms with Crippen LogP contribution in [0.3, 0.4) is 0 Å². The topological polar surface area (TPSA) is 35.2 Å². The summed E-state index contributed by atoms with van der Waals surface area (Å²) in [6.45, 7) is 4.78. The number of hydrogen-bond acceptors (Lipinski definition) is 2. The predicted octanol–water partition coefficient (Wildman–Crippen LogP) is 2.55. The summed E-state index contributed by atoms with van der Waals surface area (Å²) < 4.78 is 5.79. The second-order valence-corrected chi connectivity index (χ2v) is 4.97. The fourth-order valence-corrected chi connectivity index (χ4v) is 2.34. The second kappa shape index (κ2) is 3.69. The zero-order valence-corrected chi connectivity index (χ0v) is 9.90. The molecule has 0 saturated heterocycles. The van der Waals surface area contributed by atoms with E-state index in [0.717, 1.165) is 34.7 Å². The molecule has 1 aromatic carbocycles. The number of hydrogen-bond donors (Lipinski definition) is 1. The molecule has 0 fully saturated rings. The van der Waals surface area contributed by atoms with Crippen molar-refractivity contribution in [3.63, 3.8) is 0 Å². The van der Waals surface area contributed by atoms with Crippen molar-refractivity contribution in [2.24, 2.45) is 5.73 Å². The van der Waals surface area contributed by atoms with Gasteiger partial charge in [-0.15, -0.1) is 0 Å². The fourth-order valence-electron chi connectivity index (χ4n) is 2.02. The first kappa shape index (κ1) is 10.8. The quantitative estimate of drug-likeness (QED) is 0.840. The number of benzene rings is 1. The molecule has 15 heavy (non-hydrogen) atoms. The fraction of sp³-hybridized carbons (Fsp3) is 0.500. The Labute approximate surface area is 95.4 Å². The molecule has 0 unspecified atom stereocenters. The third-order valence-corrected chi connectivity index (χ3v) is 3.15. The van der Waals surface area contributed by atoms with Crippen LogP contribution in [0.25, 0.3) is 0 Å². The highest BCUT2D eigenvalue weighted by Crippen LogP contribution is 2.40. The Morgan fingerprint density at radius 2 is 2.20 bits per heavy atom. The van der Waals surface area contributed by atoms with Crippen molar-refractivity contribution in [2.45, 2.75) is 32.3 Å². The van der Waals surface area contributed by atoms with Gasteiger partial charge in [0.25, 0.3) is 0 Å². The number of rotatable bonds is 2. The van der Waals surface area contributed by atoms with Gasteiger partial charge in [-0.2, -0.15) is 0 Å². The number of ether oxygens (including phenoxy) is 1. The monoisotopic (exact) mass is 225 g/mol. The van der Waals surface area contributed by atoms with Gasteiger partial charge in [-0.05, 0) is 38.4 Å². The maximum Gasteiger partial charge on any atom is 0.124 e. The van der Waals surface area contributed by atoms with Crippen molar-refractivity contribution in [3.05, 3.63) is 28.3 Å². The minimum atomic E-state index is -0.132. The molecule has 0 saturated carbocycles. The zero-order chi connectivity index (χ0) is 11.1. The molecule has 1 aromatic rings. The molecule has 0 radical (unpaired) electrons. The van der Waals surface area contributed by atoms with Crippen molar-refractivity contribution < 1.29 is 4.74 Å². The molecule has 0 aliphatic carbocycles. The van der Waals surface area contributed by atoms with Gasteiger partial charge >= 0.3 is 0 Å². The van der Waals surface area contributed by atoms with Crippen LogP contribution in [-0.4, -0.2) is 12.1 Å². The van der Waals surface area contributed by atoms with Gasteiger partial charge in [-0.25, -0.2) is 0 Å². The van der Waals surface area contributed by atoms with Gasteiger partial charge in [-0.1, -0.05) is 17.7 Å². The average molecular weight is 226 g/mol.